The predicted molar refractivity (Wildman–Crippen MR) is 63.4 cm³/mol. The van der Waals surface area contributed by atoms with Crippen LogP contribution in [0.25, 0.3) is 0 Å². The molecule has 0 bridgehead atoms. The van der Waals surface area contributed by atoms with Gasteiger partial charge in [-0.05, 0) is 11.6 Å². The molecule has 0 saturated carbocycles. The minimum atomic E-state index is -2.72. The molecule has 1 saturated heterocycles. The number of nitrogens with one attached hydrogen (secondary N) is 1. The zero-order chi connectivity index (χ0) is 10.9. The number of hydrogen-bond acceptors (Lipinski definition) is 3. The van der Waals surface area contributed by atoms with Gasteiger partial charge in [-0.25, -0.2) is 8.42 Å². The van der Waals surface area contributed by atoms with E-state index in [1.54, 1.807) is 0 Å². The molecule has 0 amide bonds. The second-order valence-electron chi connectivity index (χ2n) is 3.75. The zero-order valence-corrected chi connectivity index (χ0v) is 10.5. The Morgan fingerprint density at radius 3 is 2.60 bits per heavy atom. The Morgan fingerprint density at radius 1 is 1.33 bits per heavy atom. The summed E-state index contributed by atoms with van der Waals surface area (Å²) in [6.07, 6.45) is 0. The van der Waals surface area contributed by atoms with Crippen molar-refractivity contribution < 1.29 is 8.42 Å². The van der Waals surface area contributed by atoms with Crippen LogP contribution in [0.2, 0.25) is 0 Å². The lowest BCUT2D eigenvalue weighted by Gasteiger charge is -2.26. The lowest BCUT2D eigenvalue weighted by molar-refractivity contribution is 0.511. The molecule has 1 aromatic rings. The van der Waals surface area contributed by atoms with E-state index in [4.69, 9.17) is 0 Å². The van der Waals surface area contributed by atoms with Gasteiger partial charge in [-0.3, -0.25) is 0 Å². The Morgan fingerprint density at radius 2 is 2.00 bits per heavy atom. The molecule has 82 valence electrons. The standard InChI is InChI=1S/C10H12BrNO2S/c11-10-4-2-1-3-8(10)5-12-9-6-15(13,14)7-9/h1-4,9,12H,5-7H2. The molecule has 0 aliphatic carbocycles. The van der Waals surface area contributed by atoms with Crippen molar-refractivity contribution in [1.29, 1.82) is 0 Å². The fraction of sp³-hybridized carbons (Fsp3) is 0.400. The van der Waals surface area contributed by atoms with E-state index in [1.807, 2.05) is 24.3 Å². The van der Waals surface area contributed by atoms with E-state index in [1.165, 1.54) is 0 Å². The Kier molecular flexibility index (Phi) is 3.13. The van der Waals surface area contributed by atoms with E-state index in [0.29, 0.717) is 6.54 Å². The molecular weight excluding hydrogens is 278 g/mol. The van der Waals surface area contributed by atoms with Gasteiger partial charge in [0.1, 0.15) is 0 Å². The Bertz CT molecular complexity index is 446. The highest BCUT2D eigenvalue weighted by Gasteiger charge is 2.32. The highest BCUT2D eigenvalue weighted by atomic mass is 79.9. The van der Waals surface area contributed by atoms with Gasteiger partial charge in [0, 0.05) is 17.1 Å². The van der Waals surface area contributed by atoms with Gasteiger partial charge in [0.25, 0.3) is 0 Å². The summed E-state index contributed by atoms with van der Waals surface area (Å²) in [5.74, 6) is 0.551. The molecule has 1 heterocycles. The lowest BCUT2D eigenvalue weighted by atomic mass is 10.2. The molecule has 1 fully saturated rings. The topological polar surface area (TPSA) is 46.2 Å². The third kappa shape index (κ3) is 2.80. The van der Waals surface area contributed by atoms with Crippen molar-refractivity contribution in [3.8, 4) is 0 Å². The smallest absolute Gasteiger partial charge is 0.153 e. The molecule has 0 radical (unpaired) electrons. The van der Waals surface area contributed by atoms with Crippen molar-refractivity contribution in [2.75, 3.05) is 11.5 Å². The number of rotatable bonds is 3. The van der Waals surface area contributed by atoms with Gasteiger partial charge >= 0.3 is 0 Å². The molecule has 3 nitrogen and oxygen atoms in total. The first-order valence-electron chi connectivity index (χ1n) is 4.74. The number of benzene rings is 1. The summed E-state index contributed by atoms with van der Waals surface area (Å²) in [6, 6.07) is 8.06. The Hall–Kier alpha value is -0.390. The largest absolute Gasteiger partial charge is 0.308 e. The molecule has 5 heteroatoms. The first-order valence-corrected chi connectivity index (χ1v) is 7.35. The van der Waals surface area contributed by atoms with Gasteiger partial charge in [-0.15, -0.1) is 0 Å². The Labute approximate surface area is 97.9 Å². The molecule has 2 rings (SSSR count). The normalized spacial score (nSPS) is 19.8. The van der Waals surface area contributed by atoms with Crippen molar-refractivity contribution in [3.63, 3.8) is 0 Å². The SMILES string of the molecule is O=S1(=O)CC(NCc2ccccc2Br)C1. The maximum absolute atomic E-state index is 10.9. The molecule has 0 spiro atoms. The van der Waals surface area contributed by atoms with E-state index in [0.717, 1.165) is 10.0 Å². The maximum atomic E-state index is 10.9. The number of sulfone groups is 1. The molecule has 1 aromatic carbocycles. The summed E-state index contributed by atoms with van der Waals surface area (Å²) in [4.78, 5) is 0. The monoisotopic (exact) mass is 289 g/mol. The van der Waals surface area contributed by atoms with Crippen LogP contribution in [0.3, 0.4) is 0 Å². The van der Waals surface area contributed by atoms with Gasteiger partial charge in [0.2, 0.25) is 0 Å². The van der Waals surface area contributed by atoms with E-state index < -0.39 is 9.84 Å². The van der Waals surface area contributed by atoms with E-state index >= 15 is 0 Å². The summed E-state index contributed by atoms with van der Waals surface area (Å²) in [6.45, 7) is 0.710. The third-order valence-corrected chi connectivity index (χ3v) is 5.04. The summed E-state index contributed by atoms with van der Waals surface area (Å²) in [5, 5.41) is 3.22. The molecule has 15 heavy (non-hydrogen) atoms. The summed E-state index contributed by atoms with van der Waals surface area (Å²) < 4.78 is 22.9. The fourth-order valence-corrected chi connectivity index (χ4v) is 3.37. The third-order valence-electron chi connectivity index (χ3n) is 2.45. The Balaban J connectivity index is 1.87. The maximum Gasteiger partial charge on any atom is 0.153 e. The van der Waals surface area contributed by atoms with E-state index in [2.05, 4.69) is 21.2 Å². The van der Waals surface area contributed by atoms with E-state index in [-0.39, 0.29) is 17.5 Å². The summed E-state index contributed by atoms with van der Waals surface area (Å²) >= 11 is 3.45. The predicted octanol–water partition coefficient (Wildman–Crippen LogP) is 1.34. The molecule has 0 aromatic heterocycles. The summed E-state index contributed by atoms with van der Waals surface area (Å²) in [5.41, 5.74) is 1.15. The molecule has 0 atom stereocenters. The molecule has 1 N–H and O–H groups in total. The minimum absolute atomic E-state index is 0.127. The van der Waals surface area contributed by atoms with Crippen molar-refractivity contribution in [2.45, 2.75) is 12.6 Å². The first kappa shape index (κ1) is 11.1. The van der Waals surface area contributed by atoms with Crippen LogP contribution in [0, 0.1) is 0 Å². The van der Waals surface area contributed by atoms with Gasteiger partial charge in [0.15, 0.2) is 9.84 Å². The quantitative estimate of drug-likeness (QED) is 0.913. The van der Waals surface area contributed by atoms with Crippen molar-refractivity contribution in [2.24, 2.45) is 0 Å². The average molecular weight is 290 g/mol. The van der Waals surface area contributed by atoms with Gasteiger partial charge in [-0.1, -0.05) is 34.1 Å². The highest BCUT2D eigenvalue weighted by molar-refractivity contribution is 9.10. The van der Waals surface area contributed by atoms with E-state index in [9.17, 15) is 8.42 Å². The number of halogens is 1. The first-order chi connectivity index (χ1) is 7.07. The minimum Gasteiger partial charge on any atom is -0.308 e. The lowest BCUT2D eigenvalue weighted by Crippen LogP contribution is -2.50. The van der Waals surface area contributed by atoms with Crippen LogP contribution in [0.4, 0.5) is 0 Å². The molecule has 0 unspecified atom stereocenters. The summed E-state index contributed by atoms with van der Waals surface area (Å²) in [7, 11) is -2.72. The van der Waals surface area contributed by atoms with Crippen LogP contribution in [0.5, 0.6) is 0 Å². The highest BCUT2D eigenvalue weighted by Crippen LogP contribution is 2.17. The molecule has 1 aliphatic heterocycles. The van der Waals surface area contributed by atoms with Crippen LogP contribution in [-0.4, -0.2) is 26.0 Å². The average Bonchev–Trinajstić information content (AvgIpc) is 2.13. The second-order valence-corrected chi connectivity index (χ2v) is 6.75. The van der Waals surface area contributed by atoms with Gasteiger partial charge in [-0.2, -0.15) is 0 Å². The molecule has 1 aliphatic rings. The van der Waals surface area contributed by atoms with Crippen molar-refractivity contribution in [1.82, 2.24) is 5.32 Å². The van der Waals surface area contributed by atoms with Crippen molar-refractivity contribution in [3.05, 3.63) is 34.3 Å². The molecular formula is C10H12BrNO2S. The van der Waals surface area contributed by atoms with Gasteiger partial charge < -0.3 is 5.32 Å². The second kappa shape index (κ2) is 4.23. The van der Waals surface area contributed by atoms with Crippen LogP contribution in [0.1, 0.15) is 5.56 Å². The van der Waals surface area contributed by atoms with Crippen LogP contribution >= 0.6 is 15.9 Å². The van der Waals surface area contributed by atoms with Crippen LogP contribution < -0.4 is 5.32 Å². The van der Waals surface area contributed by atoms with Crippen LogP contribution in [0.15, 0.2) is 28.7 Å². The fourth-order valence-electron chi connectivity index (χ4n) is 1.58. The number of hydrogen-bond donors (Lipinski definition) is 1. The van der Waals surface area contributed by atoms with Crippen LogP contribution in [-0.2, 0) is 16.4 Å². The van der Waals surface area contributed by atoms with Gasteiger partial charge in [0.05, 0.1) is 11.5 Å². The zero-order valence-electron chi connectivity index (χ0n) is 8.11. The van der Waals surface area contributed by atoms with Crippen molar-refractivity contribution >= 4 is 25.8 Å².